The lowest BCUT2D eigenvalue weighted by molar-refractivity contribution is -0.146. The van der Waals surface area contributed by atoms with E-state index in [0.717, 1.165) is 23.6 Å². The number of Topliss-reactive ketones (excluding diaryl/α,β-unsaturated/α-hetero) is 1. The van der Waals surface area contributed by atoms with Crippen molar-refractivity contribution >= 4 is 111 Å². The lowest BCUT2D eigenvalue weighted by Crippen LogP contribution is -2.58. The Balaban J connectivity index is 1.01. The Morgan fingerprint density at radius 1 is 0.704 bits per heavy atom. The highest BCUT2D eigenvalue weighted by Gasteiger charge is 2.49. The molecule has 0 aromatic heterocycles. The number of ether oxygens (including phenoxy) is 5. The lowest BCUT2D eigenvalue weighted by atomic mass is 9.93. The van der Waals surface area contributed by atoms with Crippen LogP contribution in [-0.2, 0) is 73.5 Å². The van der Waals surface area contributed by atoms with Crippen LogP contribution in [0.1, 0.15) is 161 Å². The molecular weight excluding hydrogens is 1510 g/mol. The van der Waals surface area contributed by atoms with E-state index in [9.17, 15) is 72.2 Å². The van der Waals surface area contributed by atoms with Crippen molar-refractivity contribution in [2.24, 2.45) is 34.8 Å². The van der Waals surface area contributed by atoms with Gasteiger partial charge in [0, 0.05) is 83.7 Å². The molecule has 3 aliphatic rings. The minimum absolute atomic E-state index is 0.00766. The first-order chi connectivity index (χ1) is 54.5. The molecule has 1 saturated carbocycles. The molecule has 11 atom stereocenters. The number of nitrogens with one attached hydrogen (secondary N) is 8. The number of nitrogens with zero attached hydrogens (tertiary/aromatic N) is 4. The van der Waals surface area contributed by atoms with Crippen molar-refractivity contribution in [3.05, 3.63) is 71.8 Å². The number of hydrogen-bond acceptors (Lipinski definition) is 21. The van der Waals surface area contributed by atoms with Gasteiger partial charge in [-0.25, -0.2) is 14.4 Å². The van der Waals surface area contributed by atoms with E-state index in [1.807, 2.05) is 46.8 Å². The van der Waals surface area contributed by atoms with Crippen molar-refractivity contribution in [2.45, 2.75) is 212 Å². The van der Waals surface area contributed by atoms with E-state index < -0.39 is 125 Å². The van der Waals surface area contributed by atoms with Gasteiger partial charge in [-0.05, 0) is 129 Å². The maximum Gasteiger partial charge on any atom is 0.407 e. The molecule has 2 heterocycles. The summed E-state index contributed by atoms with van der Waals surface area (Å²) in [5, 5.41) is 32.0. The zero-order chi connectivity index (χ0) is 85.0. The van der Waals surface area contributed by atoms with Crippen LogP contribution in [0.5, 0.6) is 5.75 Å². The van der Waals surface area contributed by atoms with Crippen LogP contribution in [-0.4, -0.2) is 255 Å². The molecule has 1 aliphatic carbocycles. The molecule has 3 aromatic carbocycles. The summed E-state index contributed by atoms with van der Waals surface area (Å²) in [6.45, 7) is 13.9. The Morgan fingerprint density at radius 2 is 1.37 bits per heavy atom. The normalized spacial score (nSPS) is 17.8. The number of carboxylic acid groups (broad SMARTS) is 1. The first-order valence-corrected chi connectivity index (χ1v) is 40.6. The Bertz CT molecular complexity index is 3850. The van der Waals surface area contributed by atoms with Crippen LogP contribution < -0.4 is 53.0 Å². The van der Waals surface area contributed by atoms with E-state index >= 15 is 0 Å². The average Bonchev–Trinajstić information content (AvgIpc) is 1.67. The first kappa shape index (κ1) is 94.2. The van der Waals surface area contributed by atoms with E-state index in [1.165, 1.54) is 40.7 Å². The van der Waals surface area contributed by atoms with Crippen molar-refractivity contribution in [1.29, 1.82) is 0 Å². The number of unbranched alkanes of at least 4 members (excludes halogenated alkanes) is 2. The number of urea groups is 1. The molecule has 6 rings (SSSR count). The topological polar surface area (TPSA) is 441 Å². The van der Waals surface area contributed by atoms with Gasteiger partial charge in [0.1, 0.15) is 36.6 Å². The van der Waals surface area contributed by atoms with Crippen LogP contribution in [0.4, 0.5) is 20.1 Å². The molecule has 0 radical (unpaired) electrons. The number of aliphatic carboxylic acids is 1. The molecule has 0 spiro atoms. The van der Waals surface area contributed by atoms with Crippen molar-refractivity contribution in [3.63, 3.8) is 0 Å². The summed E-state index contributed by atoms with van der Waals surface area (Å²) >= 11 is 1.34. The minimum atomic E-state index is -1.14. The van der Waals surface area contributed by atoms with Crippen LogP contribution >= 0.6 is 11.8 Å². The SMILES string of the molecule is CCC[C@@H]([C@@H](CC(=O)N1C[C@@H](OC(=O)NCCNC(=O)OCc2ccc(NC(=O)[C@H](CCCNC(N)=O)NC(=O)[C@@H](NC(=O)CCCCCN3C(=O)CC(SCC4(CC(=O)O)CC4)C3=O)C(C)C)cc2)C[C@H]1[C@H](OC)[C@@H](C)C(=O)NCC(=O)c1ccc2cc(OC)ccc2c1)OC)N(C)C(=O)[C@@H](NC(=O)[C@H](C(C)C)N(C)C)C(C)C. The number of fused-ring (bicyclic) bond motifs is 1. The third kappa shape index (κ3) is 28.6. The highest BCUT2D eigenvalue weighted by molar-refractivity contribution is 8.00. The number of amides is 13. The van der Waals surface area contributed by atoms with Gasteiger partial charge < -0.3 is 86.9 Å². The van der Waals surface area contributed by atoms with E-state index in [4.69, 9.17) is 29.4 Å². The number of benzene rings is 3. The number of carbonyl (C=O) groups is 14. The van der Waals surface area contributed by atoms with E-state index in [1.54, 1.807) is 102 Å². The molecule has 13 amide bonds. The summed E-state index contributed by atoms with van der Waals surface area (Å²) in [6, 6.07) is 11.0. The quantitative estimate of drug-likeness (QED) is 0.0179. The van der Waals surface area contributed by atoms with Gasteiger partial charge in [-0.1, -0.05) is 98.6 Å². The molecule has 2 saturated heterocycles. The molecule has 3 aromatic rings. The molecule has 34 heteroatoms. The zero-order valence-corrected chi connectivity index (χ0v) is 69.7. The van der Waals surface area contributed by atoms with Gasteiger partial charge in [0.25, 0.3) is 0 Å². The number of anilines is 1. The van der Waals surface area contributed by atoms with Crippen LogP contribution in [0.3, 0.4) is 0 Å². The van der Waals surface area contributed by atoms with Crippen LogP contribution in [0.25, 0.3) is 10.8 Å². The van der Waals surface area contributed by atoms with E-state index in [0.29, 0.717) is 60.4 Å². The van der Waals surface area contributed by atoms with Gasteiger partial charge >= 0.3 is 24.2 Å². The summed E-state index contributed by atoms with van der Waals surface area (Å²) in [4.78, 5) is 193. The predicted molar refractivity (Wildman–Crippen MR) is 431 cm³/mol. The largest absolute Gasteiger partial charge is 0.497 e. The summed E-state index contributed by atoms with van der Waals surface area (Å²) in [5.74, 6) is -5.74. The lowest BCUT2D eigenvalue weighted by Gasteiger charge is -2.38. The Labute approximate surface area is 677 Å². The fourth-order valence-electron chi connectivity index (χ4n) is 14.5. The second-order valence-electron chi connectivity index (χ2n) is 31.3. The fraction of sp³-hybridized carbons (Fsp3) is 0.630. The summed E-state index contributed by atoms with van der Waals surface area (Å²) in [7, 11) is 9.62. The summed E-state index contributed by atoms with van der Waals surface area (Å²) < 4.78 is 28.8. The van der Waals surface area contributed by atoms with E-state index in [-0.39, 0.29) is 137 Å². The summed E-state index contributed by atoms with van der Waals surface area (Å²) in [5.41, 5.74) is 6.15. The molecule has 33 nitrogen and oxygen atoms in total. The number of likely N-dealkylation sites (tertiary alicyclic amines) is 2. The van der Waals surface area contributed by atoms with Crippen LogP contribution in [0.2, 0.25) is 0 Å². The van der Waals surface area contributed by atoms with Gasteiger partial charge in [0.15, 0.2) is 5.78 Å². The monoisotopic (exact) mass is 1630 g/mol. The average molecular weight is 1630 g/mol. The number of ketones is 1. The van der Waals surface area contributed by atoms with Crippen molar-refractivity contribution in [2.75, 3.05) is 92.8 Å². The number of hydrogen-bond donors (Lipinski definition) is 10. The molecule has 11 N–H and O–H groups in total. The van der Waals surface area contributed by atoms with Gasteiger partial charge in [-0.2, -0.15) is 0 Å². The van der Waals surface area contributed by atoms with Crippen molar-refractivity contribution in [1.82, 2.24) is 56.8 Å². The predicted octanol–water partition coefficient (Wildman–Crippen LogP) is 5.87. The molecule has 0 bridgehead atoms. The number of rotatable bonds is 48. The third-order valence-electron chi connectivity index (χ3n) is 21.2. The Morgan fingerprint density at radius 3 is 1.98 bits per heavy atom. The van der Waals surface area contributed by atoms with E-state index in [2.05, 4.69) is 42.5 Å². The molecule has 636 valence electrons. The second-order valence-corrected chi connectivity index (χ2v) is 32.5. The highest BCUT2D eigenvalue weighted by atomic mass is 32.2. The second kappa shape index (κ2) is 45.6. The number of carbonyl (C=O) groups excluding carboxylic acids is 13. The maximum atomic E-state index is 15.0. The van der Waals surface area contributed by atoms with Crippen molar-refractivity contribution in [3.8, 4) is 5.75 Å². The molecule has 115 heavy (non-hydrogen) atoms. The number of imide groups is 1. The number of nitrogens with two attached hydrogens (primary N) is 1. The Hall–Kier alpha value is -9.67. The third-order valence-corrected chi connectivity index (χ3v) is 22.7. The van der Waals surface area contributed by atoms with Gasteiger partial charge in [0.05, 0.1) is 74.5 Å². The number of methoxy groups -OCH3 is 3. The Kier molecular flexibility index (Phi) is 37.3. The smallest absolute Gasteiger partial charge is 0.407 e. The van der Waals surface area contributed by atoms with Gasteiger partial charge in [-0.3, -0.25) is 62.5 Å². The number of alkyl carbamates (subject to hydrolysis) is 2. The summed E-state index contributed by atoms with van der Waals surface area (Å²) in [6.07, 6.45) is -0.460. The fourth-order valence-corrected chi connectivity index (χ4v) is 16.0. The van der Waals surface area contributed by atoms with Crippen molar-refractivity contribution < 1.29 is 95.9 Å². The standard InChI is InChI=1S/C81H121N13O20S/c1-15-20-59(92(11)77(106)69(48(4)5)90-75(104)70(49(6)7)91(9)10)62(111-13)40-65(97)94-44-57(39-60(94)71(112-14)50(8)72(101)86-43-61(95)54-26-25-53-38-56(110-12)30-27-52(53)37-54)114-80(109)85-35-34-84-79(108)113-45-51-23-28-55(29-24-51)87-73(102)58(21-19-33-83-78(82)107)88-74(103)68(47(2)3)89-64(96)22-17-16-18-36-93-66(98)41-63(76(93)105)115-46-81(31-32-81)42-67(99)100/h23-30,37-38,47-50,57-60,62-63,68-71H,15-22,31-36,39-46H2,1-14H3,(H,84,108)(H,85,109)(H,86,101)(H,87,102)(H,88,103)(H,89,96)(H,90,104)(H,99,100)(H3,82,83,107)/t50-,57+,58+,59+,60+,62-,63?,68+,69+,70+,71-/m1/s1. The molecule has 2 aliphatic heterocycles. The highest BCUT2D eigenvalue weighted by Crippen LogP contribution is 2.52. The van der Waals surface area contributed by atoms with Gasteiger partial charge in [0.2, 0.25) is 53.2 Å². The van der Waals surface area contributed by atoms with Gasteiger partial charge in [-0.15, -0.1) is 11.8 Å². The minimum Gasteiger partial charge on any atom is -0.497 e. The zero-order valence-electron chi connectivity index (χ0n) is 68.9. The number of primary amides is 1. The molecule has 3 fully saturated rings. The van der Waals surface area contributed by atoms with Crippen LogP contribution in [0.15, 0.2) is 60.7 Å². The van der Waals surface area contributed by atoms with Crippen LogP contribution in [0, 0.1) is 29.1 Å². The number of likely N-dealkylation sites (N-methyl/N-ethyl adjacent to an activating group) is 2. The first-order valence-electron chi connectivity index (χ1n) is 39.6. The molecular formula is C81H121N13O20S. The maximum absolute atomic E-state index is 15.0. The molecule has 1 unspecified atom stereocenters. The number of thioether (sulfide) groups is 1. The number of carboxylic acids is 1.